The Morgan fingerprint density at radius 3 is 2.61 bits per heavy atom. The van der Waals surface area contributed by atoms with Crippen LogP contribution in [0.25, 0.3) is 0 Å². The van der Waals surface area contributed by atoms with Gasteiger partial charge < -0.3 is 11.1 Å². The molecule has 7 nitrogen and oxygen atoms in total. The summed E-state index contributed by atoms with van der Waals surface area (Å²) in [5.74, 6) is 0.587. The van der Waals surface area contributed by atoms with Crippen molar-refractivity contribution >= 4 is 23.0 Å². The molecule has 23 heavy (non-hydrogen) atoms. The van der Waals surface area contributed by atoms with E-state index in [2.05, 4.69) is 10.3 Å². The number of carbonyl (C=O) groups is 1. The highest BCUT2D eigenvalue weighted by Gasteiger charge is 2.24. The molecule has 2 heterocycles. The summed E-state index contributed by atoms with van der Waals surface area (Å²) in [5.41, 5.74) is 7.42. The Kier molecular flexibility index (Phi) is 3.71. The van der Waals surface area contributed by atoms with Gasteiger partial charge in [-0.3, -0.25) is 14.3 Å². The average molecular weight is 315 g/mol. The smallest absolute Gasteiger partial charge is 0.294 e. The number of nitrogens with two attached hydrogens (primary N) is 1. The fourth-order valence-electron chi connectivity index (χ4n) is 2.82. The molecule has 0 radical (unpaired) electrons. The lowest BCUT2D eigenvalue weighted by atomic mass is 10.0. The molecule has 0 atom stereocenters. The molecule has 0 saturated heterocycles. The molecule has 7 heteroatoms. The van der Waals surface area contributed by atoms with Crippen LogP contribution >= 0.6 is 0 Å². The molecular weight excluding hydrogens is 294 g/mol. The number of hydrogen-bond acceptors (Lipinski definition) is 5. The molecule has 0 saturated carbocycles. The van der Waals surface area contributed by atoms with Crippen LogP contribution in [0.4, 0.5) is 11.5 Å². The zero-order valence-corrected chi connectivity index (χ0v) is 13.6. The number of aliphatic imine (C=N–C) groups is 1. The first-order valence-electron chi connectivity index (χ1n) is 7.77. The minimum Gasteiger partial charge on any atom is -0.397 e. The van der Waals surface area contributed by atoms with Gasteiger partial charge in [0.25, 0.3) is 5.56 Å². The minimum atomic E-state index is -0.131. The summed E-state index contributed by atoms with van der Waals surface area (Å²) in [5, 5.41) is 3.31. The van der Waals surface area contributed by atoms with E-state index in [1.807, 2.05) is 18.5 Å². The molecular formula is C16H21N5O2. The van der Waals surface area contributed by atoms with Crippen LogP contribution in [-0.2, 0) is 17.9 Å². The number of hydrogen-bond donors (Lipinski definition) is 2. The lowest BCUT2D eigenvalue weighted by Crippen LogP contribution is -2.19. The molecule has 1 aromatic heterocycles. The Hall–Kier alpha value is -2.57. The van der Waals surface area contributed by atoms with Crippen molar-refractivity contribution in [1.82, 2.24) is 9.36 Å². The fraction of sp³-hybridized carbons (Fsp3) is 0.438. The third kappa shape index (κ3) is 2.62. The van der Waals surface area contributed by atoms with Crippen molar-refractivity contribution in [3.05, 3.63) is 33.8 Å². The second-order valence-electron chi connectivity index (χ2n) is 6.19. The number of carbonyl (C=O) groups excluding carboxylic acids is 1. The molecule has 0 unspecified atom stereocenters. The van der Waals surface area contributed by atoms with Gasteiger partial charge >= 0.3 is 0 Å². The summed E-state index contributed by atoms with van der Waals surface area (Å²) in [7, 11) is 0. The standard InChI is InChI=1S/C16H21N5O2/c1-9(2)18-15-14(16(23)21-6-4-5-20(15)21)19-12-7-10(3)13(22)8-11(12)17/h7-9,18H,4-6,17H2,1-3H3. The lowest BCUT2D eigenvalue weighted by Gasteiger charge is -2.13. The fourth-order valence-corrected chi connectivity index (χ4v) is 2.82. The molecule has 0 bridgehead atoms. The van der Waals surface area contributed by atoms with E-state index in [4.69, 9.17) is 5.73 Å². The normalized spacial score (nSPS) is 19.1. The molecule has 3 N–H and O–H groups in total. The van der Waals surface area contributed by atoms with Gasteiger partial charge in [-0.1, -0.05) is 0 Å². The second-order valence-corrected chi connectivity index (χ2v) is 6.19. The Labute approximate surface area is 134 Å². The van der Waals surface area contributed by atoms with Gasteiger partial charge in [-0.2, -0.15) is 0 Å². The summed E-state index contributed by atoms with van der Waals surface area (Å²) < 4.78 is 3.64. The number of aromatic nitrogens is 2. The van der Waals surface area contributed by atoms with E-state index in [0.29, 0.717) is 29.3 Å². The first-order valence-corrected chi connectivity index (χ1v) is 7.77. The van der Waals surface area contributed by atoms with Crippen LogP contribution in [0, 0.1) is 0 Å². The predicted octanol–water partition coefficient (Wildman–Crippen LogP) is 1.32. The third-order valence-electron chi connectivity index (χ3n) is 3.93. The van der Waals surface area contributed by atoms with E-state index < -0.39 is 0 Å². The highest BCUT2D eigenvalue weighted by atomic mass is 16.1. The molecule has 1 aliphatic heterocycles. The maximum absolute atomic E-state index is 12.6. The molecule has 2 aliphatic rings. The van der Waals surface area contributed by atoms with Crippen LogP contribution in [-0.4, -0.2) is 26.9 Å². The average Bonchev–Trinajstić information content (AvgIpc) is 3.03. The molecule has 0 fully saturated rings. The molecule has 0 amide bonds. The highest BCUT2D eigenvalue weighted by molar-refractivity contribution is 6.22. The molecule has 0 aromatic carbocycles. The predicted molar refractivity (Wildman–Crippen MR) is 90.2 cm³/mol. The first-order chi connectivity index (χ1) is 10.9. The van der Waals surface area contributed by atoms with E-state index in [-0.39, 0.29) is 23.1 Å². The minimum absolute atomic E-state index is 0.127. The van der Waals surface area contributed by atoms with Gasteiger partial charge in [0.05, 0.1) is 11.4 Å². The van der Waals surface area contributed by atoms with Crippen molar-refractivity contribution in [3.63, 3.8) is 0 Å². The van der Waals surface area contributed by atoms with Gasteiger partial charge in [-0.15, -0.1) is 0 Å². The zero-order chi connectivity index (χ0) is 16.7. The van der Waals surface area contributed by atoms with Gasteiger partial charge in [0, 0.05) is 25.2 Å². The molecule has 122 valence electrons. The molecule has 1 aromatic rings. The number of allylic oxidation sites excluding steroid dienone is 3. The Morgan fingerprint density at radius 1 is 1.22 bits per heavy atom. The number of nitrogens with zero attached hydrogens (tertiary/aromatic N) is 3. The topological polar surface area (TPSA) is 94.4 Å². The van der Waals surface area contributed by atoms with Crippen molar-refractivity contribution in [3.8, 4) is 0 Å². The quantitative estimate of drug-likeness (QED) is 0.822. The largest absolute Gasteiger partial charge is 0.397 e. The monoisotopic (exact) mass is 315 g/mol. The van der Waals surface area contributed by atoms with Crippen LogP contribution in [0.5, 0.6) is 0 Å². The van der Waals surface area contributed by atoms with E-state index in [0.717, 1.165) is 13.0 Å². The van der Waals surface area contributed by atoms with E-state index in [9.17, 15) is 9.59 Å². The first kappa shape index (κ1) is 15.3. The van der Waals surface area contributed by atoms with Crippen molar-refractivity contribution in [2.24, 2.45) is 10.7 Å². The number of anilines is 1. The van der Waals surface area contributed by atoms with E-state index in [1.54, 1.807) is 17.7 Å². The van der Waals surface area contributed by atoms with Crippen molar-refractivity contribution < 1.29 is 4.79 Å². The summed E-state index contributed by atoms with van der Waals surface area (Å²) in [4.78, 5) is 28.7. The van der Waals surface area contributed by atoms with Crippen LogP contribution < -0.4 is 16.6 Å². The van der Waals surface area contributed by atoms with Gasteiger partial charge in [-0.05, 0) is 38.8 Å². The Balaban J connectivity index is 2.14. The van der Waals surface area contributed by atoms with Crippen LogP contribution in [0.15, 0.2) is 33.2 Å². The van der Waals surface area contributed by atoms with Crippen molar-refractivity contribution in [2.75, 3.05) is 5.32 Å². The van der Waals surface area contributed by atoms with Gasteiger partial charge in [0.1, 0.15) is 0 Å². The molecule has 3 rings (SSSR count). The number of rotatable bonds is 3. The van der Waals surface area contributed by atoms with E-state index in [1.165, 1.54) is 6.08 Å². The zero-order valence-electron chi connectivity index (χ0n) is 13.6. The number of nitrogens with one attached hydrogen (secondary N) is 1. The van der Waals surface area contributed by atoms with Crippen molar-refractivity contribution in [2.45, 2.75) is 46.3 Å². The van der Waals surface area contributed by atoms with Crippen LogP contribution in [0.2, 0.25) is 0 Å². The highest BCUT2D eigenvalue weighted by Crippen LogP contribution is 2.27. The summed E-state index contributed by atoms with van der Waals surface area (Å²) in [6.07, 6.45) is 3.92. The lowest BCUT2D eigenvalue weighted by molar-refractivity contribution is -0.111. The van der Waals surface area contributed by atoms with Crippen molar-refractivity contribution in [1.29, 1.82) is 0 Å². The van der Waals surface area contributed by atoms with Crippen LogP contribution in [0.3, 0.4) is 0 Å². The van der Waals surface area contributed by atoms with Gasteiger partial charge in [-0.25, -0.2) is 9.67 Å². The molecule has 1 aliphatic carbocycles. The maximum Gasteiger partial charge on any atom is 0.294 e. The Bertz CT molecular complexity index is 820. The summed E-state index contributed by atoms with van der Waals surface area (Å²) >= 11 is 0. The summed E-state index contributed by atoms with van der Waals surface area (Å²) in [6.45, 7) is 7.21. The SMILES string of the molecule is CC1=CC(=Nc2c(NC(C)C)n3n(c2=O)CCC3)C(N)=CC1=O. The van der Waals surface area contributed by atoms with E-state index >= 15 is 0 Å². The maximum atomic E-state index is 12.6. The second kappa shape index (κ2) is 5.57. The summed E-state index contributed by atoms with van der Waals surface area (Å²) in [6, 6.07) is 0.173. The van der Waals surface area contributed by atoms with Gasteiger partial charge in [0.2, 0.25) is 0 Å². The molecule has 0 spiro atoms. The third-order valence-corrected chi connectivity index (χ3v) is 3.93. The van der Waals surface area contributed by atoms with Crippen LogP contribution in [0.1, 0.15) is 27.2 Å². The number of ketones is 1. The Morgan fingerprint density at radius 2 is 1.91 bits per heavy atom. The number of fused-ring (bicyclic) bond motifs is 1. The van der Waals surface area contributed by atoms with Gasteiger partial charge in [0.15, 0.2) is 17.3 Å².